The SMILES string of the molecule is CNC(=O)N(C)c1cc(CNc2ncsc2CC(=O)Nc2ccc3c(c2)OC(F)(F)O3)ccn1. The van der Waals surface area contributed by atoms with Crippen LogP contribution in [0, 0.1) is 0 Å². The number of halogens is 2. The number of alkyl halides is 2. The summed E-state index contributed by atoms with van der Waals surface area (Å²) in [6.07, 6.45) is -2.09. The molecule has 0 spiro atoms. The minimum Gasteiger partial charge on any atom is -0.395 e. The van der Waals surface area contributed by atoms with Gasteiger partial charge in [-0.15, -0.1) is 20.1 Å². The number of nitrogens with one attached hydrogen (secondary N) is 3. The molecule has 178 valence electrons. The number of fused-ring (bicyclic) bond motifs is 1. The van der Waals surface area contributed by atoms with Gasteiger partial charge < -0.3 is 25.4 Å². The summed E-state index contributed by atoms with van der Waals surface area (Å²) in [4.78, 5) is 34.9. The summed E-state index contributed by atoms with van der Waals surface area (Å²) < 4.78 is 35.1. The number of urea groups is 1. The van der Waals surface area contributed by atoms with E-state index < -0.39 is 6.29 Å². The average molecular weight is 490 g/mol. The van der Waals surface area contributed by atoms with E-state index in [0.717, 1.165) is 5.56 Å². The summed E-state index contributed by atoms with van der Waals surface area (Å²) in [6, 6.07) is 7.30. The van der Waals surface area contributed by atoms with Gasteiger partial charge in [0.15, 0.2) is 11.5 Å². The zero-order valence-electron chi connectivity index (χ0n) is 18.1. The van der Waals surface area contributed by atoms with Crippen molar-refractivity contribution >= 4 is 40.6 Å². The van der Waals surface area contributed by atoms with E-state index in [1.807, 2.05) is 0 Å². The lowest BCUT2D eigenvalue weighted by molar-refractivity contribution is -0.286. The molecule has 1 aliphatic heterocycles. The minimum absolute atomic E-state index is 0.0264. The first-order valence-corrected chi connectivity index (χ1v) is 10.9. The molecule has 34 heavy (non-hydrogen) atoms. The van der Waals surface area contributed by atoms with Crippen molar-refractivity contribution in [2.75, 3.05) is 29.6 Å². The highest BCUT2D eigenvalue weighted by molar-refractivity contribution is 7.10. The largest absolute Gasteiger partial charge is 0.586 e. The number of carbonyl (C=O) groups excluding carboxylic acids is 2. The molecule has 10 nitrogen and oxygen atoms in total. The molecule has 0 saturated carbocycles. The van der Waals surface area contributed by atoms with Gasteiger partial charge in [-0.1, -0.05) is 0 Å². The fourth-order valence-electron chi connectivity index (χ4n) is 3.13. The molecule has 1 aromatic carbocycles. The van der Waals surface area contributed by atoms with Crippen LogP contribution in [-0.4, -0.2) is 42.3 Å². The predicted octanol–water partition coefficient (Wildman–Crippen LogP) is 3.43. The highest BCUT2D eigenvalue weighted by Gasteiger charge is 2.43. The Hall–Kier alpha value is -4.00. The van der Waals surface area contributed by atoms with Crippen LogP contribution in [0.4, 0.5) is 30.9 Å². The topological polar surface area (TPSA) is 118 Å². The third kappa shape index (κ3) is 5.31. The highest BCUT2D eigenvalue weighted by Crippen LogP contribution is 2.42. The van der Waals surface area contributed by atoms with E-state index in [1.165, 1.54) is 41.5 Å². The Morgan fingerprint density at radius 1 is 1.15 bits per heavy atom. The number of hydrogen-bond acceptors (Lipinski definition) is 8. The number of pyridine rings is 1. The third-order valence-corrected chi connectivity index (χ3v) is 5.61. The Balaban J connectivity index is 1.36. The fraction of sp³-hybridized carbons (Fsp3) is 0.238. The zero-order valence-corrected chi connectivity index (χ0v) is 18.9. The maximum Gasteiger partial charge on any atom is 0.586 e. The van der Waals surface area contributed by atoms with Crippen molar-refractivity contribution in [2.45, 2.75) is 19.3 Å². The molecule has 0 aliphatic carbocycles. The van der Waals surface area contributed by atoms with Crippen molar-refractivity contribution in [3.63, 3.8) is 0 Å². The molecule has 2 aromatic heterocycles. The van der Waals surface area contributed by atoms with Crippen LogP contribution in [-0.2, 0) is 17.8 Å². The number of aromatic nitrogens is 2. The first-order chi connectivity index (χ1) is 16.2. The van der Waals surface area contributed by atoms with Crippen molar-refractivity contribution in [1.82, 2.24) is 15.3 Å². The number of anilines is 3. The van der Waals surface area contributed by atoms with Gasteiger partial charge in [0.2, 0.25) is 5.91 Å². The Labute approximate surface area is 196 Å². The normalized spacial score (nSPS) is 13.3. The quantitative estimate of drug-likeness (QED) is 0.465. The first-order valence-electron chi connectivity index (χ1n) is 10.0. The Kier molecular flexibility index (Phi) is 6.45. The lowest BCUT2D eigenvalue weighted by Gasteiger charge is -2.16. The van der Waals surface area contributed by atoms with Crippen LogP contribution in [0.15, 0.2) is 42.0 Å². The second-order valence-corrected chi connectivity index (χ2v) is 8.11. The van der Waals surface area contributed by atoms with E-state index >= 15 is 0 Å². The molecule has 0 radical (unpaired) electrons. The van der Waals surface area contributed by atoms with Crippen molar-refractivity contribution in [1.29, 1.82) is 0 Å². The number of rotatable bonds is 7. The number of hydrogen-bond donors (Lipinski definition) is 3. The summed E-state index contributed by atoms with van der Waals surface area (Å²) in [5, 5.41) is 8.37. The first kappa shape index (κ1) is 23.2. The summed E-state index contributed by atoms with van der Waals surface area (Å²) in [5.74, 6) is 0.428. The molecule has 0 bridgehead atoms. The molecule has 3 heterocycles. The number of amides is 3. The van der Waals surface area contributed by atoms with Crippen LogP contribution in [0.25, 0.3) is 0 Å². The van der Waals surface area contributed by atoms with Gasteiger partial charge in [-0.05, 0) is 29.8 Å². The van der Waals surface area contributed by atoms with E-state index in [-0.39, 0.29) is 29.9 Å². The molecule has 13 heteroatoms. The van der Waals surface area contributed by atoms with Gasteiger partial charge >= 0.3 is 12.3 Å². The third-order valence-electron chi connectivity index (χ3n) is 4.78. The number of ether oxygens (including phenoxy) is 2. The van der Waals surface area contributed by atoms with Gasteiger partial charge in [0, 0.05) is 38.6 Å². The second-order valence-electron chi connectivity index (χ2n) is 7.17. The van der Waals surface area contributed by atoms with Crippen molar-refractivity contribution in [3.05, 3.63) is 52.5 Å². The maximum absolute atomic E-state index is 13.2. The Bertz CT molecular complexity index is 1220. The van der Waals surface area contributed by atoms with Gasteiger partial charge in [-0.2, -0.15) is 0 Å². The Morgan fingerprint density at radius 3 is 2.74 bits per heavy atom. The molecule has 3 amide bonds. The molecule has 0 atom stereocenters. The number of carbonyl (C=O) groups is 2. The van der Waals surface area contributed by atoms with E-state index in [9.17, 15) is 18.4 Å². The number of thiazole rings is 1. The van der Waals surface area contributed by atoms with Crippen molar-refractivity contribution < 1.29 is 27.8 Å². The number of benzene rings is 1. The molecule has 3 N–H and O–H groups in total. The summed E-state index contributed by atoms with van der Waals surface area (Å²) in [7, 11) is 3.15. The molecule has 1 aliphatic rings. The van der Waals surface area contributed by atoms with Gasteiger partial charge in [-0.3, -0.25) is 9.69 Å². The van der Waals surface area contributed by atoms with Crippen LogP contribution in [0.2, 0.25) is 0 Å². The molecule has 3 aromatic rings. The lowest BCUT2D eigenvalue weighted by Crippen LogP contribution is -2.35. The fourth-order valence-corrected chi connectivity index (χ4v) is 3.87. The molecule has 0 saturated heterocycles. The van der Waals surface area contributed by atoms with Crippen LogP contribution >= 0.6 is 11.3 Å². The van der Waals surface area contributed by atoms with Crippen LogP contribution < -0.4 is 30.3 Å². The molecular formula is C21H20F2N6O4S. The van der Waals surface area contributed by atoms with Gasteiger partial charge in [0.25, 0.3) is 0 Å². The maximum atomic E-state index is 13.2. The van der Waals surface area contributed by atoms with Crippen molar-refractivity contribution in [3.8, 4) is 11.5 Å². The van der Waals surface area contributed by atoms with Crippen LogP contribution in [0.3, 0.4) is 0 Å². The monoisotopic (exact) mass is 490 g/mol. The minimum atomic E-state index is -3.72. The van der Waals surface area contributed by atoms with E-state index in [1.54, 1.807) is 30.9 Å². The molecular weight excluding hydrogens is 470 g/mol. The summed E-state index contributed by atoms with van der Waals surface area (Å²) >= 11 is 1.31. The van der Waals surface area contributed by atoms with Crippen LogP contribution in [0.5, 0.6) is 11.5 Å². The lowest BCUT2D eigenvalue weighted by atomic mass is 10.2. The van der Waals surface area contributed by atoms with E-state index in [2.05, 4.69) is 35.4 Å². The van der Waals surface area contributed by atoms with E-state index in [0.29, 0.717) is 28.7 Å². The second kappa shape index (κ2) is 9.47. The number of nitrogens with zero attached hydrogens (tertiary/aromatic N) is 3. The zero-order chi connectivity index (χ0) is 24.3. The molecule has 4 rings (SSSR count). The van der Waals surface area contributed by atoms with Crippen LogP contribution in [0.1, 0.15) is 10.4 Å². The standard InChI is InChI=1S/C21H20F2N6O4S/c1-24-20(31)29(2)17-7-12(5-6-25-17)10-26-19-16(34-11-27-19)9-18(30)28-13-3-4-14-15(8-13)33-21(22,23)32-14/h3-8,11,26H,9-10H2,1-2H3,(H,24,31)(H,28,30). The van der Waals surface area contributed by atoms with Crippen molar-refractivity contribution in [2.24, 2.45) is 0 Å². The summed E-state index contributed by atoms with van der Waals surface area (Å²) in [6.45, 7) is 0.395. The summed E-state index contributed by atoms with van der Waals surface area (Å²) in [5.41, 5.74) is 2.78. The molecule has 0 unspecified atom stereocenters. The molecule has 0 fully saturated rings. The van der Waals surface area contributed by atoms with Gasteiger partial charge in [-0.25, -0.2) is 14.8 Å². The van der Waals surface area contributed by atoms with Gasteiger partial charge in [0.05, 0.1) is 16.8 Å². The van der Waals surface area contributed by atoms with E-state index in [4.69, 9.17) is 0 Å². The Morgan fingerprint density at radius 2 is 1.94 bits per heavy atom. The van der Waals surface area contributed by atoms with Gasteiger partial charge in [0.1, 0.15) is 11.6 Å². The smallest absolute Gasteiger partial charge is 0.395 e. The predicted molar refractivity (Wildman–Crippen MR) is 122 cm³/mol. The highest BCUT2D eigenvalue weighted by atomic mass is 32.1. The average Bonchev–Trinajstić information content (AvgIpc) is 3.37.